The van der Waals surface area contributed by atoms with Crippen molar-refractivity contribution in [3.8, 4) is 22.8 Å². The van der Waals surface area contributed by atoms with Gasteiger partial charge in [-0.15, -0.1) is 11.3 Å². The maximum absolute atomic E-state index is 12.8. The smallest absolute Gasteiger partial charge is 0.416 e. The fraction of sp³-hybridized carbons (Fsp3) is 0.0952. The van der Waals surface area contributed by atoms with E-state index < -0.39 is 17.6 Å². The number of primary amides is 1. The average Bonchev–Trinajstić information content (AvgIpc) is 3.11. The molecule has 0 aliphatic heterocycles. The summed E-state index contributed by atoms with van der Waals surface area (Å²) in [4.78, 5) is 19.8. The molecule has 2 heterocycles. The van der Waals surface area contributed by atoms with Gasteiger partial charge in [-0.05, 0) is 45.8 Å². The molecule has 31 heavy (non-hydrogen) atoms. The van der Waals surface area contributed by atoms with Crippen LogP contribution in [-0.4, -0.2) is 15.9 Å². The van der Waals surface area contributed by atoms with Crippen molar-refractivity contribution in [2.75, 3.05) is 0 Å². The van der Waals surface area contributed by atoms with Gasteiger partial charge in [-0.25, -0.2) is 9.97 Å². The maximum atomic E-state index is 12.8. The molecule has 10 heteroatoms. The van der Waals surface area contributed by atoms with Gasteiger partial charge in [0.1, 0.15) is 10.5 Å². The summed E-state index contributed by atoms with van der Waals surface area (Å²) in [7, 11) is 0. The first-order chi connectivity index (χ1) is 14.7. The number of hydrogen-bond donors (Lipinski definition) is 1. The predicted octanol–water partition coefficient (Wildman–Crippen LogP) is 5.96. The summed E-state index contributed by atoms with van der Waals surface area (Å²) in [5.74, 6) is 0.213. The number of fused-ring (bicyclic) bond motifs is 1. The Hall–Kier alpha value is -2.98. The number of amides is 1. The molecule has 0 spiro atoms. The SMILES string of the molecule is NC(=O)Cc1nc2c(Oc3cc(-c4ccc(C(F)(F)F)cc4)c(Br)cn3)cccc2s1. The molecule has 5 nitrogen and oxygen atoms in total. The highest BCUT2D eigenvalue weighted by atomic mass is 79.9. The van der Waals surface area contributed by atoms with Gasteiger partial charge < -0.3 is 10.5 Å². The van der Waals surface area contributed by atoms with Crippen molar-refractivity contribution in [2.45, 2.75) is 12.6 Å². The molecule has 4 rings (SSSR count). The lowest BCUT2D eigenvalue weighted by atomic mass is 10.0. The number of rotatable bonds is 5. The Morgan fingerprint density at radius 1 is 1.16 bits per heavy atom. The molecule has 4 aromatic rings. The van der Waals surface area contributed by atoms with Crippen LogP contribution in [0.1, 0.15) is 10.6 Å². The zero-order chi connectivity index (χ0) is 22.2. The van der Waals surface area contributed by atoms with Crippen molar-refractivity contribution in [3.05, 3.63) is 69.8 Å². The van der Waals surface area contributed by atoms with Gasteiger partial charge in [0.25, 0.3) is 0 Å². The number of nitrogens with two attached hydrogens (primary N) is 1. The largest absolute Gasteiger partial charge is 0.437 e. The number of aromatic nitrogens is 2. The van der Waals surface area contributed by atoms with Crippen molar-refractivity contribution < 1.29 is 22.7 Å². The quantitative estimate of drug-likeness (QED) is 0.361. The molecule has 2 N–H and O–H groups in total. The van der Waals surface area contributed by atoms with E-state index >= 15 is 0 Å². The number of hydrogen-bond acceptors (Lipinski definition) is 5. The maximum Gasteiger partial charge on any atom is 0.416 e. The summed E-state index contributed by atoms with van der Waals surface area (Å²) < 4.78 is 45.9. The summed E-state index contributed by atoms with van der Waals surface area (Å²) >= 11 is 4.73. The highest BCUT2D eigenvalue weighted by Crippen LogP contribution is 2.36. The van der Waals surface area contributed by atoms with Crippen LogP contribution < -0.4 is 10.5 Å². The number of thiazole rings is 1. The molecule has 0 atom stereocenters. The Balaban J connectivity index is 1.66. The predicted molar refractivity (Wildman–Crippen MR) is 115 cm³/mol. The highest BCUT2D eigenvalue weighted by molar-refractivity contribution is 9.10. The van der Waals surface area contributed by atoms with E-state index in [1.54, 1.807) is 18.2 Å². The molecule has 2 aromatic carbocycles. The molecule has 0 saturated carbocycles. The van der Waals surface area contributed by atoms with Crippen LogP contribution in [0.2, 0.25) is 0 Å². The summed E-state index contributed by atoms with van der Waals surface area (Å²) in [5, 5.41) is 0.577. The summed E-state index contributed by atoms with van der Waals surface area (Å²) in [6.45, 7) is 0. The first-order valence-corrected chi connectivity index (χ1v) is 10.5. The fourth-order valence-electron chi connectivity index (χ4n) is 2.92. The summed E-state index contributed by atoms with van der Waals surface area (Å²) in [6.07, 6.45) is -2.85. The fourth-order valence-corrected chi connectivity index (χ4v) is 4.36. The Morgan fingerprint density at radius 2 is 1.90 bits per heavy atom. The lowest BCUT2D eigenvalue weighted by molar-refractivity contribution is -0.137. The van der Waals surface area contributed by atoms with Crippen molar-refractivity contribution in [2.24, 2.45) is 5.73 Å². The number of nitrogens with zero attached hydrogens (tertiary/aromatic N) is 2. The lowest BCUT2D eigenvalue weighted by Crippen LogP contribution is -2.13. The van der Waals surface area contributed by atoms with Gasteiger partial charge in [0, 0.05) is 22.3 Å². The number of pyridine rings is 1. The van der Waals surface area contributed by atoms with E-state index in [1.807, 2.05) is 6.07 Å². The van der Waals surface area contributed by atoms with E-state index in [0.29, 0.717) is 31.9 Å². The molecule has 0 fully saturated rings. The van der Waals surface area contributed by atoms with Crippen LogP contribution in [0, 0.1) is 0 Å². The second-order valence-electron chi connectivity index (χ2n) is 6.53. The van der Waals surface area contributed by atoms with E-state index in [2.05, 4.69) is 25.9 Å². The number of halogens is 4. The number of carbonyl (C=O) groups is 1. The Kier molecular flexibility index (Phi) is 5.67. The summed E-state index contributed by atoms with van der Waals surface area (Å²) in [6, 6.07) is 11.8. The average molecular weight is 508 g/mol. The molecule has 0 unspecified atom stereocenters. The summed E-state index contributed by atoms with van der Waals surface area (Å²) in [5.41, 5.74) is 6.29. The van der Waals surface area contributed by atoms with Crippen molar-refractivity contribution in [1.29, 1.82) is 0 Å². The van der Waals surface area contributed by atoms with E-state index in [9.17, 15) is 18.0 Å². The Morgan fingerprint density at radius 3 is 2.58 bits per heavy atom. The number of carbonyl (C=O) groups excluding carboxylic acids is 1. The molecule has 0 radical (unpaired) electrons. The monoisotopic (exact) mass is 507 g/mol. The molecule has 0 bridgehead atoms. The molecule has 158 valence electrons. The minimum atomic E-state index is -4.40. The molecule has 0 saturated heterocycles. The van der Waals surface area contributed by atoms with Crippen LogP contribution >= 0.6 is 27.3 Å². The van der Waals surface area contributed by atoms with E-state index in [4.69, 9.17) is 10.5 Å². The Labute approximate surface area is 186 Å². The number of ether oxygens (including phenoxy) is 1. The number of para-hydroxylation sites is 1. The third kappa shape index (κ3) is 4.70. The molecular weight excluding hydrogens is 495 g/mol. The first-order valence-electron chi connectivity index (χ1n) is 8.88. The lowest BCUT2D eigenvalue weighted by Gasteiger charge is -2.11. The second kappa shape index (κ2) is 8.27. The van der Waals surface area contributed by atoms with Crippen LogP contribution in [0.25, 0.3) is 21.3 Å². The first kappa shape index (κ1) is 21.3. The zero-order valence-electron chi connectivity index (χ0n) is 15.6. The van der Waals surface area contributed by atoms with Gasteiger partial charge in [-0.3, -0.25) is 4.79 Å². The van der Waals surface area contributed by atoms with E-state index in [0.717, 1.165) is 16.8 Å². The molecule has 1 amide bonds. The van der Waals surface area contributed by atoms with Crippen molar-refractivity contribution in [3.63, 3.8) is 0 Å². The van der Waals surface area contributed by atoms with Gasteiger partial charge in [0.2, 0.25) is 11.8 Å². The highest BCUT2D eigenvalue weighted by Gasteiger charge is 2.30. The van der Waals surface area contributed by atoms with Gasteiger partial charge in [-0.2, -0.15) is 13.2 Å². The normalized spacial score (nSPS) is 11.6. The number of alkyl halides is 3. The Bertz CT molecular complexity index is 1270. The van der Waals surface area contributed by atoms with Crippen LogP contribution in [0.15, 0.2) is 59.2 Å². The minimum Gasteiger partial charge on any atom is -0.437 e. The van der Waals surface area contributed by atoms with E-state index in [1.165, 1.54) is 29.7 Å². The van der Waals surface area contributed by atoms with Crippen LogP contribution in [0.3, 0.4) is 0 Å². The van der Waals surface area contributed by atoms with Crippen molar-refractivity contribution in [1.82, 2.24) is 9.97 Å². The third-order valence-corrected chi connectivity index (χ3v) is 5.97. The van der Waals surface area contributed by atoms with Crippen LogP contribution in [0.4, 0.5) is 13.2 Å². The van der Waals surface area contributed by atoms with Gasteiger partial charge >= 0.3 is 6.18 Å². The molecule has 0 aliphatic carbocycles. The molecule has 0 aliphatic rings. The van der Waals surface area contributed by atoms with Crippen molar-refractivity contribution >= 4 is 43.4 Å². The van der Waals surface area contributed by atoms with Crippen LogP contribution in [-0.2, 0) is 17.4 Å². The zero-order valence-corrected chi connectivity index (χ0v) is 18.0. The standard InChI is InChI=1S/C21H13BrF3N3O2S/c22-14-10-27-18(8-13(14)11-4-6-12(7-5-11)21(23,24)25)30-15-2-1-3-16-20(15)28-19(31-16)9-17(26)29/h1-8,10H,9H2,(H2,26,29). The van der Waals surface area contributed by atoms with Crippen LogP contribution in [0.5, 0.6) is 11.6 Å². The third-order valence-electron chi connectivity index (χ3n) is 4.32. The minimum absolute atomic E-state index is 0.0351. The second-order valence-corrected chi connectivity index (χ2v) is 8.50. The van der Waals surface area contributed by atoms with Gasteiger partial charge in [0.15, 0.2) is 5.75 Å². The number of benzene rings is 2. The topological polar surface area (TPSA) is 78.1 Å². The van der Waals surface area contributed by atoms with Gasteiger partial charge in [-0.1, -0.05) is 18.2 Å². The molecule has 2 aromatic heterocycles. The van der Waals surface area contributed by atoms with E-state index in [-0.39, 0.29) is 12.3 Å². The van der Waals surface area contributed by atoms with Gasteiger partial charge in [0.05, 0.1) is 16.7 Å². The molecular formula is C21H13BrF3N3O2S.